The standard InChI is InChI=1S/C18H30N6O6/c1-9(2)4-13(23-15(26)12(19)7-25)17(28)24-14(5-11-6-20-8-21-11)16(27)22-10(3)18(29)30/h6,8-10,12-14,25H,4-5,7,19H2,1-3H3,(H,20,21)(H,22,27)(H,23,26)(H,24,28)(H,29,30). The highest BCUT2D eigenvalue weighted by atomic mass is 16.4. The van der Waals surface area contributed by atoms with Crippen LogP contribution < -0.4 is 21.7 Å². The van der Waals surface area contributed by atoms with Crippen molar-refractivity contribution in [2.75, 3.05) is 6.61 Å². The van der Waals surface area contributed by atoms with Gasteiger partial charge in [0.25, 0.3) is 0 Å². The second-order valence-corrected chi connectivity index (χ2v) is 7.39. The number of aromatic amines is 1. The first-order valence-electron chi connectivity index (χ1n) is 9.52. The number of amides is 3. The first-order valence-corrected chi connectivity index (χ1v) is 9.52. The fraction of sp³-hybridized carbons (Fsp3) is 0.611. The van der Waals surface area contributed by atoms with Gasteiger partial charge in [-0.05, 0) is 19.3 Å². The molecular weight excluding hydrogens is 396 g/mol. The van der Waals surface area contributed by atoms with E-state index in [-0.39, 0.29) is 18.8 Å². The van der Waals surface area contributed by atoms with E-state index in [0.717, 1.165) is 0 Å². The Balaban J connectivity index is 2.98. The molecule has 4 unspecified atom stereocenters. The van der Waals surface area contributed by atoms with E-state index >= 15 is 0 Å². The summed E-state index contributed by atoms with van der Waals surface area (Å²) in [5.74, 6) is -3.23. The zero-order valence-corrected chi connectivity index (χ0v) is 17.2. The summed E-state index contributed by atoms with van der Waals surface area (Å²) < 4.78 is 0. The Bertz CT molecular complexity index is 723. The molecule has 0 aromatic carbocycles. The third-order valence-corrected chi connectivity index (χ3v) is 4.21. The monoisotopic (exact) mass is 426 g/mol. The fourth-order valence-corrected chi connectivity index (χ4v) is 2.54. The number of carboxylic acids is 1. The van der Waals surface area contributed by atoms with Crippen molar-refractivity contribution in [3.63, 3.8) is 0 Å². The van der Waals surface area contributed by atoms with Gasteiger partial charge in [-0.15, -0.1) is 0 Å². The summed E-state index contributed by atoms with van der Waals surface area (Å²) in [6.45, 7) is 4.41. The fourth-order valence-electron chi connectivity index (χ4n) is 2.54. The molecule has 0 aliphatic rings. The van der Waals surface area contributed by atoms with Crippen LogP contribution in [0.1, 0.15) is 32.9 Å². The molecule has 0 fully saturated rings. The number of nitrogens with two attached hydrogens (primary N) is 1. The molecule has 0 spiro atoms. The number of carbonyl (C=O) groups excluding carboxylic acids is 3. The summed E-state index contributed by atoms with van der Waals surface area (Å²) in [5, 5.41) is 25.4. The van der Waals surface area contributed by atoms with Gasteiger partial charge in [-0.3, -0.25) is 19.2 Å². The van der Waals surface area contributed by atoms with Crippen LogP contribution in [0.5, 0.6) is 0 Å². The van der Waals surface area contributed by atoms with E-state index in [4.69, 9.17) is 15.9 Å². The van der Waals surface area contributed by atoms with Crippen LogP contribution in [0.3, 0.4) is 0 Å². The topological polar surface area (TPSA) is 200 Å². The van der Waals surface area contributed by atoms with Crippen molar-refractivity contribution in [1.82, 2.24) is 25.9 Å². The lowest BCUT2D eigenvalue weighted by atomic mass is 10.0. The molecule has 1 heterocycles. The van der Waals surface area contributed by atoms with Crippen LogP contribution in [0, 0.1) is 5.92 Å². The number of hydrogen-bond donors (Lipinski definition) is 7. The number of aromatic nitrogens is 2. The molecule has 3 amide bonds. The van der Waals surface area contributed by atoms with Gasteiger partial charge in [0.1, 0.15) is 24.2 Å². The highest BCUT2D eigenvalue weighted by molar-refractivity contribution is 5.94. The lowest BCUT2D eigenvalue weighted by molar-refractivity contribution is -0.141. The van der Waals surface area contributed by atoms with E-state index < -0.39 is 54.5 Å². The van der Waals surface area contributed by atoms with Crippen LogP contribution in [0.4, 0.5) is 0 Å². The summed E-state index contributed by atoms with van der Waals surface area (Å²) in [4.78, 5) is 55.2. The lowest BCUT2D eigenvalue weighted by Gasteiger charge is -2.25. The van der Waals surface area contributed by atoms with Gasteiger partial charge >= 0.3 is 5.97 Å². The molecule has 0 aliphatic carbocycles. The molecule has 12 heteroatoms. The van der Waals surface area contributed by atoms with Gasteiger partial charge in [-0.2, -0.15) is 0 Å². The Hall–Kier alpha value is -2.99. The first kappa shape index (κ1) is 25.0. The smallest absolute Gasteiger partial charge is 0.325 e. The van der Waals surface area contributed by atoms with Crippen molar-refractivity contribution in [2.24, 2.45) is 11.7 Å². The Morgan fingerprint density at radius 3 is 2.17 bits per heavy atom. The molecule has 0 bridgehead atoms. The number of rotatable bonds is 12. The maximum atomic E-state index is 12.8. The van der Waals surface area contributed by atoms with Crippen LogP contribution in [0.2, 0.25) is 0 Å². The molecular formula is C18H30N6O6. The highest BCUT2D eigenvalue weighted by Gasteiger charge is 2.30. The second-order valence-electron chi connectivity index (χ2n) is 7.39. The summed E-state index contributed by atoms with van der Waals surface area (Å²) >= 11 is 0. The molecule has 1 aromatic heterocycles. The van der Waals surface area contributed by atoms with Crippen LogP contribution in [-0.2, 0) is 25.6 Å². The Kier molecular flexibility index (Phi) is 9.92. The minimum absolute atomic E-state index is 0.0262. The van der Waals surface area contributed by atoms with Crippen LogP contribution in [-0.4, -0.2) is 74.6 Å². The first-order chi connectivity index (χ1) is 14.0. The van der Waals surface area contributed by atoms with E-state index in [1.54, 1.807) is 0 Å². The lowest BCUT2D eigenvalue weighted by Crippen LogP contribution is -2.58. The van der Waals surface area contributed by atoms with Gasteiger partial charge in [0.05, 0.1) is 12.9 Å². The predicted molar refractivity (Wildman–Crippen MR) is 106 cm³/mol. The van der Waals surface area contributed by atoms with Crippen LogP contribution >= 0.6 is 0 Å². The van der Waals surface area contributed by atoms with E-state index in [0.29, 0.717) is 5.69 Å². The Morgan fingerprint density at radius 2 is 1.67 bits per heavy atom. The molecule has 4 atom stereocenters. The summed E-state index contributed by atoms with van der Waals surface area (Å²) in [5.41, 5.74) is 6.04. The summed E-state index contributed by atoms with van der Waals surface area (Å²) in [6.07, 6.45) is 3.17. The Labute approximate surface area is 174 Å². The van der Waals surface area contributed by atoms with Crippen molar-refractivity contribution in [2.45, 2.75) is 57.8 Å². The largest absolute Gasteiger partial charge is 0.480 e. The summed E-state index contributed by atoms with van der Waals surface area (Å²) in [6, 6.07) is -4.46. The zero-order valence-electron chi connectivity index (χ0n) is 17.2. The normalized spacial score (nSPS) is 15.0. The quantitative estimate of drug-likeness (QED) is 0.196. The molecule has 1 rings (SSSR count). The number of carboxylic acid groups (broad SMARTS) is 1. The predicted octanol–water partition coefficient (Wildman–Crippen LogP) is -2.12. The van der Waals surface area contributed by atoms with Gasteiger partial charge in [-0.25, -0.2) is 4.98 Å². The second kappa shape index (κ2) is 11.9. The van der Waals surface area contributed by atoms with Gasteiger partial charge in [0, 0.05) is 18.3 Å². The van der Waals surface area contributed by atoms with E-state index in [2.05, 4.69) is 25.9 Å². The molecule has 0 radical (unpaired) electrons. The third-order valence-electron chi connectivity index (χ3n) is 4.21. The minimum Gasteiger partial charge on any atom is -0.480 e. The average Bonchev–Trinajstić information content (AvgIpc) is 3.18. The zero-order chi connectivity index (χ0) is 22.8. The number of hydrogen-bond acceptors (Lipinski definition) is 7. The molecule has 1 aromatic rings. The SMILES string of the molecule is CC(C)CC(NC(=O)C(N)CO)C(=O)NC(Cc1cnc[nH]1)C(=O)NC(C)C(=O)O. The highest BCUT2D eigenvalue weighted by Crippen LogP contribution is 2.07. The summed E-state index contributed by atoms with van der Waals surface area (Å²) in [7, 11) is 0. The van der Waals surface area contributed by atoms with Gasteiger partial charge in [0.15, 0.2) is 0 Å². The van der Waals surface area contributed by atoms with Gasteiger partial charge in [-0.1, -0.05) is 13.8 Å². The average molecular weight is 426 g/mol. The number of aliphatic carboxylic acids is 1. The van der Waals surface area contributed by atoms with E-state index in [1.165, 1.54) is 19.4 Å². The molecule has 30 heavy (non-hydrogen) atoms. The molecule has 0 saturated heterocycles. The van der Waals surface area contributed by atoms with Crippen LogP contribution in [0.25, 0.3) is 0 Å². The molecule has 0 aliphatic heterocycles. The van der Waals surface area contributed by atoms with Crippen molar-refractivity contribution < 1.29 is 29.4 Å². The van der Waals surface area contributed by atoms with Crippen molar-refractivity contribution in [1.29, 1.82) is 0 Å². The number of imidazole rings is 1. The number of H-pyrrole nitrogens is 1. The number of nitrogens with one attached hydrogen (secondary N) is 4. The molecule has 0 saturated carbocycles. The van der Waals surface area contributed by atoms with Crippen molar-refractivity contribution in [3.8, 4) is 0 Å². The number of carbonyl (C=O) groups is 4. The Morgan fingerprint density at radius 1 is 1.07 bits per heavy atom. The van der Waals surface area contributed by atoms with Gasteiger partial charge in [0.2, 0.25) is 17.7 Å². The molecule has 168 valence electrons. The van der Waals surface area contributed by atoms with Crippen LogP contribution in [0.15, 0.2) is 12.5 Å². The number of aliphatic hydroxyl groups excluding tert-OH is 1. The maximum Gasteiger partial charge on any atom is 0.325 e. The minimum atomic E-state index is -1.22. The number of aliphatic hydroxyl groups is 1. The van der Waals surface area contributed by atoms with Crippen molar-refractivity contribution in [3.05, 3.63) is 18.2 Å². The van der Waals surface area contributed by atoms with E-state index in [9.17, 15) is 19.2 Å². The maximum absolute atomic E-state index is 12.8. The molecule has 8 N–H and O–H groups in total. The molecule has 12 nitrogen and oxygen atoms in total. The van der Waals surface area contributed by atoms with E-state index in [1.807, 2.05) is 13.8 Å². The van der Waals surface area contributed by atoms with Gasteiger partial charge < -0.3 is 36.9 Å². The number of nitrogens with zero attached hydrogens (tertiary/aromatic N) is 1. The third kappa shape index (κ3) is 8.17. The van der Waals surface area contributed by atoms with Crippen molar-refractivity contribution >= 4 is 23.7 Å².